The second kappa shape index (κ2) is 9.99. The van der Waals surface area contributed by atoms with Crippen molar-refractivity contribution in [2.24, 2.45) is 5.16 Å². The Hall–Kier alpha value is -0.510. The summed E-state index contributed by atoms with van der Waals surface area (Å²) in [4.78, 5) is 0. The summed E-state index contributed by atoms with van der Waals surface area (Å²) < 4.78 is 39.1. The number of nitrogens with zero attached hydrogens (tertiary/aromatic N) is 1. The lowest BCUT2D eigenvalue weighted by Crippen LogP contribution is -2.57. The third kappa shape index (κ3) is 7.32. The average Bonchev–Trinajstić information content (AvgIpc) is 2.52. The van der Waals surface area contributed by atoms with Crippen LogP contribution in [0.3, 0.4) is 0 Å². The van der Waals surface area contributed by atoms with Gasteiger partial charge in [-0.2, -0.15) is 8.42 Å². The number of hydrogen-bond donors (Lipinski definition) is 6. The van der Waals surface area contributed by atoms with Gasteiger partial charge in [-0.15, -0.1) is 0 Å². The minimum atomic E-state index is -4.87. The Bertz CT molecular complexity index is 540. The van der Waals surface area contributed by atoms with Crippen molar-refractivity contribution in [1.82, 2.24) is 0 Å². The summed E-state index contributed by atoms with van der Waals surface area (Å²) in [6.07, 6.45) is -5.94. The van der Waals surface area contributed by atoms with E-state index in [1.54, 1.807) is 0 Å². The van der Waals surface area contributed by atoms with Gasteiger partial charge in [-0.25, -0.2) is 4.28 Å². The molecule has 6 N–H and O–H groups in total. The summed E-state index contributed by atoms with van der Waals surface area (Å²) >= 11 is 0.629. The molecule has 11 nitrogen and oxygen atoms in total. The smallest absolute Gasteiger partial charge is 0.394 e. The van der Waals surface area contributed by atoms with Crippen molar-refractivity contribution in [1.29, 1.82) is 0 Å². The number of rotatable bonds is 8. The summed E-state index contributed by atoms with van der Waals surface area (Å²) in [5.74, 6) is 0. The third-order valence-corrected chi connectivity index (χ3v) is 4.76. The van der Waals surface area contributed by atoms with Crippen molar-refractivity contribution in [3.05, 3.63) is 0 Å². The largest absolute Gasteiger partial charge is 0.466 e. The van der Waals surface area contributed by atoms with Crippen LogP contribution in [-0.4, -0.2) is 86.1 Å². The quantitative estimate of drug-likeness (QED) is 0.116. The summed E-state index contributed by atoms with van der Waals surface area (Å²) in [6, 6.07) is 0. The molecule has 25 heavy (non-hydrogen) atoms. The molecule has 0 bridgehead atoms. The molecule has 1 aliphatic heterocycles. The highest BCUT2D eigenvalue weighted by atomic mass is 32.3. The average molecular weight is 405 g/mol. The fraction of sp³-hybridized carbons (Fsp3) is 0.917. The molecule has 13 heteroatoms. The Morgan fingerprint density at radius 3 is 2.44 bits per heavy atom. The monoisotopic (exact) mass is 405 g/mol. The molecule has 6 atom stereocenters. The third-order valence-electron chi connectivity index (χ3n) is 3.37. The first-order valence-corrected chi connectivity index (χ1v) is 9.71. The van der Waals surface area contributed by atoms with E-state index in [1.165, 1.54) is 0 Å². The molecule has 0 aliphatic carbocycles. The van der Waals surface area contributed by atoms with Gasteiger partial charge in [0.25, 0.3) is 0 Å². The van der Waals surface area contributed by atoms with Crippen molar-refractivity contribution in [2.75, 3.05) is 6.61 Å². The topological polar surface area (TPSA) is 186 Å². The van der Waals surface area contributed by atoms with Crippen LogP contribution in [0.4, 0.5) is 0 Å². The molecule has 1 fully saturated rings. The molecule has 0 amide bonds. The predicted octanol–water partition coefficient (Wildman–Crippen LogP) is -1.80. The first-order chi connectivity index (χ1) is 11.6. The lowest BCUT2D eigenvalue weighted by molar-refractivity contribution is -0.205. The van der Waals surface area contributed by atoms with Crippen molar-refractivity contribution in [3.8, 4) is 0 Å². The number of aliphatic hydroxyl groups excluding tert-OH is 5. The molecule has 0 radical (unpaired) electrons. The number of aliphatic hydroxyl groups is 5. The van der Waals surface area contributed by atoms with Gasteiger partial charge in [0, 0.05) is 6.42 Å². The fourth-order valence-corrected chi connectivity index (χ4v) is 3.50. The van der Waals surface area contributed by atoms with Gasteiger partial charge in [0.2, 0.25) is 0 Å². The molecule has 0 spiro atoms. The van der Waals surface area contributed by atoms with Gasteiger partial charge in [-0.05, 0) is 6.42 Å². The van der Waals surface area contributed by atoms with E-state index < -0.39 is 53.0 Å². The van der Waals surface area contributed by atoms with Crippen LogP contribution in [0.5, 0.6) is 0 Å². The van der Waals surface area contributed by atoms with Gasteiger partial charge in [-0.3, -0.25) is 4.55 Å². The van der Waals surface area contributed by atoms with Gasteiger partial charge in [0.15, 0.2) is 0 Å². The standard InChI is InChI=1S/C12H23NO10S2/c1-2-3-6(15)4-8(13-23-25(19,20)21)24-12-11(18)10(17)9(16)7(5-14)22-12/h6-7,9-12,14-18H,2-5H2,1H3,(H,19,20,21)/b13-8+. The zero-order chi connectivity index (χ0) is 19.2. The molecular weight excluding hydrogens is 382 g/mol. The molecule has 148 valence electrons. The summed E-state index contributed by atoms with van der Waals surface area (Å²) in [5, 5.41) is 51.5. The lowest BCUT2D eigenvalue weighted by atomic mass is 10.0. The SMILES string of the molecule is CCCC(O)C/C(=N\OS(=O)(=O)O)SC1OC(CO)C(O)C(O)C1O. The molecule has 0 aromatic heterocycles. The zero-order valence-electron chi connectivity index (χ0n) is 13.4. The number of hydrogen-bond acceptors (Lipinski definition) is 11. The molecule has 6 unspecified atom stereocenters. The van der Waals surface area contributed by atoms with E-state index in [0.717, 1.165) is 0 Å². The summed E-state index contributed by atoms with van der Waals surface area (Å²) in [6.45, 7) is 1.19. The molecule has 0 aromatic carbocycles. The fourth-order valence-electron chi connectivity index (χ4n) is 2.13. The zero-order valence-corrected chi connectivity index (χ0v) is 15.0. The Labute approximate surface area is 149 Å². The van der Waals surface area contributed by atoms with E-state index in [1.807, 2.05) is 6.92 Å². The Morgan fingerprint density at radius 2 is 1.92 bits per heavy atom. The van der Waals surface area contributed by atoms with E-state index in [9.17, 15) is 28.8 Å². The van der Waals surface area contributed by atoms with Crippen LogP contribution in [-0.2, 0) is 19.4 Å². The second-order valence-electron chi connectivity index (χ2n) is 5.45. The van der Waals surface area contributed by atoms with E-state index in [-0.39, 0.29) is 11.5 Å². The highest BCUT2D eigenvalue weighted by Gasteiger charge is 2.44. The molecule has 0 aromatic rings. The van der Waals surface area contributed by atoms with Crippen molar-refractivity contribution in [3.63, 3.8) is 0 Å². The molecule has 1 saturated heterocycles. The van der Waals surface area contributed by atoms with Crippen LogP contribution >= 0.6 is 11.8 Å². The summed E-state index contributed by atoms with van der Waals surface area (Å²) in [5.41, 5.74) is -1.23. The van der Waals surface area contributed by atoms with Crippen molar-refractivity contribution in [2.45, 2.75) is 62.1 Å². The normalized spacial score (nSPS) is 32.4. The number of thioether (sulfide) groups is 1. The first-order valence-electron chi connectivity index (χ1n) is 7.47. The van der Waals surface area contributed by atoms with Gasteiger partial charge in [-0.1, -0.05) is 30.3 Å². The molecule has 0 saturated carbocycles. The Balaban J connectivity index is 2.90. The van der Waals surface area contributed by atoms with E-state index in [4.69, 9.17) is 14.4 Å². The van der Waals surface area contributed by atoms with Crippen LogP contribution < -0.4 is 0 Å². The molecular formula is C12H23NO10S2. The Morgan fingerprint density at radius 1 is 1.28 bits per heavy atom. The highest BCUT2D eigenvalue weighted by Crippen LogP contribution is 2.30. The summed E-state index contributed by atoms with van der Waals surface area (Å²) in [7, 11) is -4.87. The maximum Gasteiger partial charge on any atom is 0.466 e. The van der Waals surface area contributed by atoms with Crippen LogP contribution in [0.2, 0.25) is 0 Å². The van der Waals surface area contributed by atoms with Gasteiger partial charge in [0.1, 0.15) is 34.9 Å². The second-order valence-corrected chi connectivity index (χ2v) is 7.63. The van der Waals surface area contributed by atoms with Gasteiger partial charge < -0.3 is 30.3 Å². The van der Waals surface area contributed by atoms with Crippen LogP contribution in [0.1, 0.15) is 26.2 Å². The minimum absolute atomic E-state index is 0.136. The molecule has 1 rings (SSSR count). The molecule has 1 heterocycles. The van der Waals surface area contributed by atoms with Crippen LogP contribution in [0, 0.1) is 0 Å². The minimum Gasteiger partial charge on any atom is -0.394 e. The van der Waals surface area contributed by atoms with Gasteiger partial charge in [0.05, 0.1) is 12.7 Å². The van der Waals surface area contributed by atoms with Crippen LogP contribution in [0.25, 0.3) is 0 Å². The number of ether oxygens (including phenoxy) is 1. The van der Waals surface area contributed by atoms with E-state index in [0.29, 0.717) is 24.6 Å². The van der Waals surface area contributed by atoms with E-state index >= 15 is 0 Å². The maximum atomic E-state index is 10.7. The highest BCUT2D eigenvalue weighted by molar-refractivity contribution is 8.14. The van der Waals surface area contributed by atoms with Crippen molar-refractivity contribution < 1.29 is 47.5 Å². The van der Waals surface area contributed by atoms with Gasteiger partial charge >= 0.3 is 10.4 Å². The molecule has 1 aliphatic rings. The predicted molar refractivity (Wildman–Crippen MR) is 87.0 cm³/mol. The maximum absolute atomic E-state index is 10.7. The number of oxime groups is 1. The van der Waals surface area contributed by atoms with Crippen molar-refractivity contribution >= 4 is 27.2 Å². The van der Waals surface area contributed by atoms with E-state index in [2.05, 4.69) is 9.44 Å². The lowest BCUT2D eigenvalue weighted by Gasteiger charge is -2.39. The van der Waals surface area contributed by atoms with Crippen LogP contribution in [0.15, 0.2) is 5.16 Å². The first kappa shape index (κ1) is 22.5. The Kier molecular flexibility index (Phi) is 9.00.